The van der Waals surface area contributed by atoms with Crippen LogP contribution in [0.5, 0.6) is 11.5 Å². The number of fused-ring (bicyclic) bond motifs is 3. The summed E-state index contributed by atoms with van der Waals surface area (Å²) in [6.07, 6.45) is 4.78. The molecule has 5 heteroatoms. The quantitative estimate of drug-likeness (QED) is 0.856. The summed E-state index contributed by atoms with van der Waals surface area (Å²) in [5.41, 5.74) is 2.33. The third kappa shape index (κ3) is 1.69. The van der Waals surface area contributed by atoms with Gasteiger partial charge in [0.1, 0.15) is 11.9 Å². The highest BCUT2D eigenvalue weighted by Crippen LogP contribution is 2.54. The van der Waals surface area contributed by atoms with Crippen molar-refractivity contribution in [2.45, 2.75) is 36.8 Å². The molecular weight excluding hydrogens is 294 g/mol. The molecule has 0 unspecified atom stereocenters. The Labute approximate surface area is 135 Å². The van der Waals surface area contributed by atoms with Gasteiger partial charge in [-0.1, -0.05) is 0 Å². The largest absolute Gasteiger partial charge is 0.499 e. The molecule has 1 aromatic carbocycles. The molecule has 1 fully saturated rings. The Kier molecular flexibility index (Phi) is 2.77. The zero-order chi connectivity index (χ0) is 15.6. The van der Waals surface area contributed by atoms with Crippen molar-refractivity contribution in [1.82, 2.24) is 4.90 Å². The first-order valence-electron chi connectivity index (χ1n) is 8.35. The number of aliphatic hydroxyl groups is 1. The second-order valence-electron chi connectivity index (χ2n) is 6.91. The Morgan fingerprint density at radius 2 is 2.09 bits per heavy atom. The number of aliphatic hydroxyl groups excluding tert-OH is 1. The summed E-state index contributed by atoms with van der Waals surface area (Å²) in [6, 6.07) is 4.19. The predicted molar refractivity (Wildman–Crippen MR) is 83.6 cm³/mol. The minimum atomic E-state index is -0.599. The van der Waals surface area contributed by atoms with Gasteiger partial charge in [0.05, 0.1) is 12.6 Å². The number of nitrogens with zero attached hydrogens (tertiary/aromatic N) is 1. The molecule has 0 saturated carbocycles. The minimum absolute atomic E-state index is 0.00644. The van der Waals surface area contributed by atoms with Crippen molar-refractivity contribution in [3.05, 3.63) is 35.1 Å². The van der Waals surface area contributed by atoms with Crippen LogP contribution < -0.4 is 9.47 Å². The zero-order valence-electron chi connectivity index (χ0n) is 13.2. The Morgan fingerprint density at radius 1 is 1.26 bits per heavy atom. The summed E-state index contributed by atoms with van der Waals surface area (Å²) in [5, 5.41) is 11.0. The second kappa shape index (κ2) is 4.65. The van der Waals surface area contributed by atoms with Gasteiger partial charge in [-0.2, -0.15) is 0 Å². The second-order valence-corrected chi connectivity index (χ2v) is 6.91. The SMILES string of the molecule is COC1=C[C@@]23CCCN2CCc2cc4c(cc2[C@H]3[C@H]1O)OCO4. The van der Waals surface area contributed by atoms with Gasteiger partial charge < -0.3 is 19.3 Å². The fraction of sp³-hybridized carbons (Fsp3) is 0.556. The molecule has 5 nitrogen and oxygen atoms in total. The van der Waals surface area contributed by atoms with E-state index in [2.05, 4.69) is 23.1 Å². The molecule has 122 valence electrons. The standard InChI is InChI=1S/C18H21NO4/c1-21-15-9-18-4-2-5-19(18)6-3-11-7-13-14(23-10-22-13)8-12(11)16(18)17(15)20/h7-9,16-17,20H,2-6,10H2,1H3/t16-,17-,18+/m0/s1. The van der Waals surface area contributed by atoms with Crippen molar-refractivity contribution < 1.29 is 19.3 Å². The molecule has 3 atom stereocenters. The molecule has 1 spiro atoms. The van der Waals surface area contributed by atoms with Crippen LogP contribution in [-0.2, 0) is 11.2 Å². The van der Waals surface area contributed by atoms with E-state index in [-0.39, 0.29) is 18.2 Å². The molecule has 3 heterocycles. The first kappa shape index (κ1) is 13.7. The molecular formula is C18H21NO4. The maximum Gasteiger partial charge on any atom is 0.231 e. The van der Waals surface area contributed by atoms with Crippen LogP contribution in [0, 0.1) is 0 Å². The van der Waals surface area contributed by atoms with E-state index in [1.807, 2.05) is 0 Å². The molecule has 1 aliphatic carbocycles. The Hall–Kier alpha value is -1.72. The van der Waals surface area contributed by atoms with Gasteiger partial charge in [-0.05, 0) is 55.1 Å². The molecule has 0 bridgehead atoms. The van der Waals surface area contributed by atoms with Gasteiger partial charge in [0, 0.05) is 12.5 Å². The van der Waals surface area contributed by atoms with E-state index in [0.29, 0.717) is 5.76 Å². The first-order chi connectivity index (χ1) is 11.2. The average molecular weight is 315 g/mol. The number of benzene rings is 1. The molecule has 5 rings (SSSR count). The van der Waals surface area contributed by atoms with Gasteiger partial charge in [-0.3, -0.25) is 4.90 Å². The fourth-order valence-electron chi connectivity index (χ4n) is 4.99. The number of hydrogen-bond acceptors (Lipinski definition) is 5. The van der Waals surface area contributed by atoms with Crippen LogP contribution >= 0.6 is 0 Å². The summed E-state index contributed by atoms with van der Waals surface area (Å²) in [7, 11) is 1.65. The number of hydrogen-bond donors (Lipinski definition) is 1. The monoisotopic (exact) mass is 315 g/mol. The number of ether oxygens (including phenoxy) is 3. The van der Waals surface area contributed by atoms with Gasteiger partial charge in [-0.15, -0.1) is 0 Å². The smallest absolute Gasteiger partial charge is 0.231 e. The van der Waals surface area contributed by atoms with Crippen molar-refractivity contribution in [2.24, 2.45) is 0 Å². The Bertz CT molecular complexity index is 701. The molecule has 23 heavy (non-hydrogen) atoms. The first-order valence-corrected chi connectivity index (χ1v) is 8.35. The topological polar surface area (TPSA) is 51.2 Å². The van der Waals surface area contributed by atoms with Gasteiger partial charge in [-0.25, -0.2) is 0 Å². The maximum absolute atomic E-state index is 11.0. The van der Waals surface area contributed by atoms with Crippen molar-refractivity contribution in [3.63, 3.8) is 0 Å². The highest BCUT2D eigenvalue weighted by atomic mass is 16.7. The van der Waals surface area contributed by atoms with Crippen LogP contribution in [0.1, 0.15) is 29.9 Å². The van der Waals surface area contributed by atoms with E-state index in [1.54, 1.807) is 7.11 Å². The van der Waals surface area contributed by atoms with E-state index in [9.17, 15) is 5.11 Å². The summed E-state index contributed by atoms with van der Waals surface area (Å²) >= 11 is 0. The van der Waals surface area contributed by atoms with Crippen molar-refractivity contribution in [3.8, 4) is 11.5 Å². The van der Waals surface area contributed by atoms with Crippen molar-refractivity contribution in [2.75, 3.05) is 27.0 Å². The highest BCUT2D eigenvalue weighted by Gasteiger charge is 2.56. The van der Waals surface area contributed by atoms with Crippen LogP contribution in [0.2, 0.25) is 0 Å². The molecule has 0 radical (unpaired) electrons. The minimum Gasteiger partial charge on any atom is -0.499 e. The highest BCUT2D eigenvalue weighted by molar-refractivity contribution is 5.54. The molecule has 4 aliphatic rings. The normalized spacial score (nSPS) is 34.4. The summed E-state index contributed by atoms with van der Waals surface area (Å²) < 4.78 is 16.6. The number of methoxy groups -OCH3 is 1. The maximum atomic E-state index is 11.0. The van der Waals surface area contributed by atoms with E-state index in [4.69, 9.17) is 14.2 Å². The average Bonchev–Trinajstić information content (AvgIpc) is 3.21. The van der Waals surface area contributed by atoms with Gasteiger partial charge in [0.15, 0.2) is 11.5 Å². The molecule has 1 aromatic rings. The lowest BCUT2D eigenvalue weighted by Gasteiger charge is -2.38. The summed E-state index contributed by atoms with van der Waals surface area (Å²) in [6.45, 7) is 2.37. The van der Waals surface area contributed by atoms with Crippen molar-refractivity contribution >= 4 is 0 Å². The van der Waals surface area contributed by atoms with Gasteiger partial charge in [0.2, 0.25) is 6.79 Å². The van der Waals surface area contributed by atoms with E-state index < -0.39 is 6.10 Å². The Morgan fingerprint density at radius 3 is 2.91 bits per heavy atom. The lowest BCUT2D eigenvalue weighted by Crippen LogP contribution is -2.46. The van der Waals surface area contributed by atoms with Crippen LogP contribution in [0.15, 0.2) is 24.0 Å². The lowest BCUT2D eigenvalue weighted by molar-refractivity contribution is 0.0782. The third-order valence-electron chi connectivity index (χ3n) is 5.99. The van der Waals surface area contributed by atoms with E-state index in [1.165, 1.54) is 11.1 Å². The molecule has 1 N–H and O–H groups in total. The molecule has 3 aliphatic heterocycles. The van der Waals surface area contributed by atoms with E-state index >= 15 is 0 Å². The van der Waals surface area contributed by atoms with Crippen LogP contribution in [0.3, 0.4) is 0 Å². The molecule has 1 saturated heterocycles. The summed E-state index contributed by atoms with van der Waals surface area (Å²) in [5.74, 6) is 2.33. The van der Waals surface area contributed by atoms with Crippen molar-refractivity contribution in [1.29, 1.82) is 0 Å². The zero-order valence-corrected chi connectivity index (χ0v) is 13.2. The molecule has 0 amide bonds. The Balaban J connectivity index is 1.70. The van der Waals surface area contributed by atoms with Gasteiger partial charge in [0.25, 0.3) is 0 Å². The summed E-state index contributed by atoms with van der Waals surface area (Å²) in [4.78, 5) is 2.53. The van der Waals surface area contributed by atoms with E-state index in [0.717, 1.165) is 43.9 Å². The van der Waals surface area contributed by atoms with Gasteiger partial charge >= 0.3 is 0 Å². The molecule has 0 aromatic heterocycles. The van der Waals surface area contributed by atoms with Crippen LogP contribution in [0.4, 0.5) is 0 Å². The number of rotatable bonds is 1. The lowest BCUT2D eigenvalue weighted by atomic mass is 9.78. The van der Waals surface area contributed by atoms with Crippen LogP contribution in [0.25, 0.3) is 0 Å². The third-order valence-corrected chi connectivity index (χ3v) is 5.99. The van der Waals surface area contributed by atoms with Crippen LogP contribution in [-0.4, -0.2) is 48.6 Å². The fourth-order valence-corrected chi connectivity index (χ4v) is 4.99. The predicted octanol–water partition coefficient (Wildman–Crippen LogP) is 1.79.